The third kappa shape index (κ3) is 3.52. The highest BCUT2D eigenvalue weighted by Crippen LogP contribution is 2.14. The molecule has 0 atom stereocenters. The van der Waals surface area contributed by atoms with E-state index in [0.29, 0.717) is 12.4 Å². The Morgan fingerprint density at radius 3 is 2.75 bits per heavy atom. The molecule has 0 aliphatic carbocycles. The van der Waals surface area contributed by atoms with Crippen LogP contribution in [-0.4, -0.2) is 28.1 Å². The van der Waals surface area contributed by atoms with E-state index in [4.69, 9.17) is 5.84 Å². The van der Waals surface area contributed by atoms with Crippen molar-refractivity contribution in [1.29, 1.82) is 0 Å². The van der Waals surface area contributed by atoms with Crippen LogP contribution >= 0.6 is 15.9 Å². The van der Waals surface area contributed by atoms with Gasteiger partial charge in [-0.15, -0.1) is 10.2 Å². The van der Waals surface area contributed by atoms with Crippen LogP contribution in [0.5, 0.6) is 0 Å². The van der Waals surface area contributed by atoms with Crippen LogP contribution < -0.4 is 11.3 Å². The predicted molar refractivity (Wildman–Crippen MR) is 79.8 cm³/mol. The molecule has 3 N–H and O–H groups in total. The Hall–Kier alpha value is -1.99. The summed E-state index contributed by atoms with van der Waals surface area (Å²) in [5, 5.41) is 7.62. The van der Waals surface area contributed by atoms with Gasteiger partial charge < -0.3 is 10.3 Å². The van der Waals surface area contributed by atoms with Gasteiger partial charge in [0.2, 0.25) is 0 Å². The van der Waals surface area contributed by atoms with Crippen molar-refractivity contribution in [3.63, 3.8) is 0 Å². The fourth-order valence-corrected chi connectivity index (χ4v) is 2.15. The molecular formula is C13H14BrN5O. The number of benzene rings is 1. The number of aromatic nitrogens is 2. The van der Waals surface area contributed by atoms with Crippen LogP contribution in [0.15, 0.2) is 40.9 Å². The molecule has 2 rings (SSSR count). The van der Waals surface area contributed by atoms with Crippen LogP contribution in [0.3, 0.4) is 0 Å². The molecule has 0 spiro atoms. The van der Waals surface area contributed by atoms with Gasteiger partial charge >= 0.3 is 0 Å². The van der Waals surface area contributed by atoms with Gasteiger partial charge in [0.05, 0.1) is 0 Å². The van der Waals surface area contributed by atoms with Crippen LogP contribution in [0.25, 0.3) is 0 Å². The number of carbonyl (C=O) groups is 1. The van der Waals surface area contributed by atoms with Crippen molar-refractivity contribution < 1.29 is 4.79 Å². The Labute approximate surface area is 125 Å². The Kier molecular flexibility index (Phi) is 4.65. The monoisotopic (exact) mass is 335 g/mol. The van der Waals surface area contributed by atoms with Gasteiger partial charge in [0.15, 0.2) is 11.5 Å². The fourth-order valence-electron chi connectivity index (χ4n) is 1.70. The van der Waals surface area contributed by atoms with Crippen molar-refractivity contribution in [3.8, 4) is 0 Å². The molecule has 0 saturated carbocycles. The normalized spacial score (nSPS) is 10.2. The average molecular weight is 336 g/mol. The SMILES string of the molecule is CN(Cc1cccc(Br)c1)C(=O)c1ccc(NN)nn1. The third-order valence-electron chi connectivity index (χ3n) is 2.69. The summed E-state index contributed by atoms with van der Waals surface area (Å²) in [6.07, 6.45) is 0. The number of hydrogen-bond donors (Lipinski definition) is 2. The first kappa shape index (κ1) is 14.4. The highest BCUT2D eigenvalue weighted by atomic mass is 79.9. The number of nitrogens with two attached hydrogens (primary N) is 1. The summed E-state index contributed by atoms with van der Waals surface area (Å²) in [6.45, 7) is 0.497. The standard InChI is InChI=1S/C13H14BrN5O/c1-19(8-9-3-2-4-10(14)7-9)13(20)11-5-6-12(16-15)18-17-11/h2-7H,8,15H2,1H3,(H,16,18). The van der Waals surface area contributed by atoms with Crippen molar-refractivity contribution >= 4 is 27.7 Å². The number of amides is 1. The second-order valence-corrected chi connectivity index (χ2v) is 5.15. The van der Waals surface area contributed by atoms with E-state index in [9.17, 15) is 4.79 Å². The molecule has 104 valence electrons. The molecule has 2 aromatic rings. The number of hydrazine groups is 1. The minimum atomic E-state index is -0.193. The summed E-state index contributed by atoms with van der Waals surface area (Å²) in [6, 6.07) is 11.0. The molecule has 6 nitrogen and oxygen atoms in total. The Balaban J connectivity index is 2.07. The van der Waals surface area contributed by atoms with E-state index < -0.39 is 0 Å². The van der Waals surface area contributed by atoms with Crippen LogP contribution in [-0.2, 0) is 6.54 Å². The minimum absolute atomic E-state index is 0.193. The lowest BCUT2D eigenvalue weighted by Crippen LogP contribution is -2.27. The first-order valence-electron chi connectivity index (χ1n) is 5.90. The minimum Gasteiger partial charge on any atom is -0.336 e. The second-order valence-electron chi connectivity index (χ2n) is 4.24. The maximum Gasteiger partial charge on any atom is 0.274 e. The number of carbonyl (C=O) groups excluding carboxylic acids is 1. The highest BCUT2D eigenvalue weighted by Gasteiger charge is 2.14. The lowest BCUT2D eigenvalue weighted by Gasteiger charge is -2.16. The first-order valence-corrected chi connectivity index (χ1v) is 6.69. The van der Waals surface area contributed by atoms with Gasteiger partial charge in [0, 0.05) is 18.1 Å². The number of nitrogens with one attached hydrogen (secondary N) is 1. The average Bonchev–Trinajstić information content (AvgIpc) is 2.46. The van der Waals surface area contributed by atoms with Crippen molar-refractivity contribution in [3.05, 3.63) is 52.1 Å². The largest absolute Gasteiger partial charge is 0.336 e. The number of nitrogen functional groups attached to an aromatic ring is 1. The predicted octanol–water partition coefficient (Wildman–Crippen LogP) is 1.80. The molecule has 1 heterocycles. The molecule has 1 amide bonds. The van der Waals surface area contributed by atoms with Crippen molar-refractivity contribution in [2.24, 2.45) is 5.84 Å². The molecular weight excluding hydrogens is 322 g/mol. The van der Waals surface area contributed by atoms with Gasteiger partial charge in [0.25, 0.3) is 5.91 Å². The fraction of sp³-hybridized carbons (Fsp3) is 0.154. The van der Waals surface area contributed by atoms with E-state index in [1.165, 1.54) is 0 Å². The molecule has 0 aliphatic rings. The van der Waals surface area contributed by atoms with Gasteiger partial charge in [-0.25, -0.2) is 5.84 Å². The molecule has 0 unspecified atom stereocenters. The van der Waals surface area contributed by atoms with Gasteiger partial charge in [0.1, 0.15) is 0 Å². The summed E-state index contributed by atoms with van der Waals surface area (Å²) < 4.78 is 0.981. The van der Waals surface area contributed by atoms with Gasteiger partial charge in [-0.1, -0.05) is 28.1 Å². The number of rotatable bonds is 4. The molecule has 7 heteroatoms. The summed E-state index contributed by atoms with van der Waals surface area (Å²) in [7, 11) is 1.72. The Morgan fingerprint density at radius 1 is 1.35 bits per heavy atom. The van der Waals surface area contributed by atoms with Crippen LogP contribution in [0, 0.1) is 0 Å². The van der Waals surface area contributed by atoms with Crippen molar-refractivity contribution in [2.45, 2.75) is 6.54 Å². The van der Waals surface area contributed by atoms with E-state index in [1.54, 1.807) is 24.1 Å². The Bertz CT molecular complexity index is 602. The molecule has 0 fully saturated rings. The maximum absolute atomic E-state index is 12.2. The van der Waals surface area contributed by atoms with Gasteiger partial charge in [-0.05, 0) is 29.8 Å². The van der Waals surface area contributed by atoms with E-state index in [1.807, 2.05) is 24.3 Å². The van der Waals surface area contributed by atoms with E-state index in [2.05, 4.69) is 31.6 Å². The van der Waals surface area contributed by atoms with E-state index >= 15 is 0 Å². The number of halogens is 1. The molecule has 1 aromatic heterocycles. The lowest BCUT2D eigenvalue weighted by atomic mass is 10.2. The molecule has 0 radical (unpaired) electrons. The number of anilines is 1. The van der Waals surface area contributed by atoms with Crippen LogP contribution in [0.1, 0.15) is 16.1 Å². The molecule has 0 aliphatic heterocycles. The van der Waals surface area contributed by atoms with Gasteiger partial charge in [-0.2, -0.15) is 0 Å². The smallest absolute Gasteiger partial charge is 0.274 e. The van der Waals surface area contributed by atoms with Crippen molar-refractivity contribution in [1.82, 2.24) is 15.1 Å². The summed E-state index contributed by atoms with van der Waals surface area (Å²) in [5.74, 6) is 5.42. The number of nitrogens with zero attached hydrogens (tertiary/aromatic N) is 3. The zero-order chi connectivity index (χ0) is 14.5. The third-order valence-corrected chi connectivity index (χ3v) is 3.18. The van der Waals surface area contributed by atoms with Crippen molar-refractivity contribution in [2.75, 3.05) is 12.5 Å². The topological polar surface area (TPSA) is 84.1 Å². The zero-order valence-electron chi connectivity index (χ0n) is 10.9. The number of hydrogen-bond acceptors (Lipinski definition) is 5. The molecule has 0 saturated heterocycles. The first-order chi connectivity index (χ1) is 9.60. The Morgan fingerprint density at radius 2 is 2.15 bits per heavy atom. The summed E-state index contributed by atoms with van der Waals surface area (Å²) >= 11 is 3.41. The van der Waals surface area contributed by atoms with E-state index in [0.717, 1.165) is 10.0 Å². The summed E-state index contributed by atoms with van der Waals surface area (Å²) in [5.41, 5.74) is 3.67. The van der Waals surface area contributed by atoms with Crippen LogP contribution in [0.2, 0.25) is 0 Å². The quantitative estimate of drug-likeness (QED) is 0.657. The van der Waals surface area contributed by atoms with Gasteiger partial charge in [-0.3, -0.25) is 4.79 Å². The molecule has 1 aromatic carbocycles. The lowest BCUT2D eigenvalue weighted by molar-refractivity contribution is 0.0778. The summed E-state index contributed by atoms with van der Waals surface area (Å²) in [4.78, 5) is 13.8. The molecule has 20 heavy (non-hydrogen) atoms. The second kappa shape index (κ2) is 6.44. The highest BCUT2D eigenvalue weighted by molar-refractivity contribution is 9.10. The van der Waals surface area contributed by atoms with Crippen LogP contribution in [0.4, 0.5) is 5.82 Å². The maximum atomic E-state index is 12.2. The van der Waals surface area contributed by atoms with E-state index in [-0.39, 0.29) is 11.6 Å². The zero-order valence-corrected chi connectivity index (χ0v) is 12.5. The molecule has 0 bridgehead atoms.